The molecule has 8 aromatic carbocycles. The third kappa shape index (κ3) is 12.2. The third-order valence-corrected chi connectivity index (χ3v) is 17.9. The Kier molecular flexibility index (Phi) is 17.4. The Bertz CT molecular complexity index is 2650. The zero-order valence-corrected chi connectivity index (χ0v) is 54.8. The van der Waals surface area contributed by atoms with E-state index in [2.05, 4.69) is 181 Å². The van der Waals surface area contributed by atoms with E-state index in [-0.39, 0.29) is 97.4 Å². The molecule has 0 aromatic heterocycles. The molecule has 0 fully saturated rings. The summed E-state index contributed by atoms with van der Waals surface area (Å²) in [5.74, 6) is 0.478. The van der Waals surface area contributed by atoms with Gasteiger partial charge in [-0.3, -0.25) is 0 Å². The summed E-state index contributed by atoms with van der Waals surface area (Å²) in [6.45, 7) is 0. The summed E-state index contributed by atoms with van der Waals surface area (Å²) < 4.78 is 6.96. The van der Waals surface area contributed by atoms with E-state index in [9.17, 15) is 40.9 Å². The maximum Gasteiger partial charge on any atom is 0.122 e. The highest BCUT2D eigenvalue weighted by molar-refractivity contribution is 14.1. The molecule has 8 N–H and O–H groups in total. The van der Waals surface area contributed by atoms with Crippen LogP contribution in [0.2, 0.25) is 0 Å². The molecule has 8 aromatic rings. The molecule has 9 rings (SSSR count). The van der Waals surface area contributed by atoms with Gasteiger partial charge in [0.15, 0.2) is 0 Å². The van der Waals surface area contributed by atoms with E-state index in [1.165, 1.54) is 0 Å². The standard InChI is InChI=1S/C56H40I8O8/c57-41-9-25-1-26-10-42(58)12-28(50(26)66)3-30-14-44(60)16-32(52(30)68)5-34-18-46(62)20-36(54(34)70)7-38-22-48(64)24-40(56(38)72)8-39-23-47(63)21-37(55(39)71)6-35-19-45(61)17-33(53(35)69)4-31-15-43(59)13-29(51(31)67)2-27(11-41)49(25)65/h9-24,65-72H,1-8H2. The maximum absolute atomic E-state index is 11.9. The molecule has 0 radical (unpaired) electrons. The second-order valence-electron chi connectivity index (χ2n) is 18.0. The molecule has 16 heteroatoms. The lowest BCUT2D eigenvalue weighted by Gasteiger charge is -2.18. The van der Waals surface area contributed by atoms with E-state index in [1.54, 1.807) is 0 Å². The molecule has 1 aliphatic carbocycles. The monoisotopic (exact) mass is 1860 g/mol. The second-order valence-corrected chi connectivity index (χ2v) is 28.0. The predicted molar refractivity (Wildman–Crippen MR) is 349 cm³/mol. The van der Waals surface area contributed by atoms with Crippen molar-refractivity contribution >= 4 is 181 Å². The SMILES string of the molecule is Oc1c2cc(I)cc1Cc1cc(I)cc(c1O)Cc1cc(I)cc(c1O)Cc1cc(I)cc(c1O)Cc1cc(I)cc(c1O)Cc1cc(I)cc(c1O)Cc1cc(I)cc(c1O)Cc1cc(I)cc(c1O)C2. The second kappa shape index (κ2) is 22.9. The van der Waals surface area contributed by atoms with Crippen LogP contribution in [0.1, 0.15) is 89.0 Å². The molecule has 72 heavy (non-hydrogen) atoms. The van der Waals surface area contributed by atoms with Crippen LogP contribution >= 0.6 is 181 Å². The van der Waals surface area contributed by atoms with E-state index in [4.69, 9.17) is 0 Å². The molecule has 0 spiro atoms. The molecule has 16 bridgehead atoms. The number of phenolic OH excluding ortho intramolecular Hbond substituents is 8. The molecule has 0 unspecified atom stereocenters. The first kappa shape index (κ1) is 54.8. The molecule has 0 heterocycles. The van der Waals surface area contributed by atoms with Crippen molar-refractivity contribution in [3.8, 4) is 46.0 Å². The fraction of sp³-hybridized carbons (Fsp3) is 0.143. The summed E-state index contributed by atoms with van der Waals surface area (Å²) >= 11 is 17.8. The Labute approximate surface area is 525 Å². The van der Waals surface area contributed by atoms with Crippen LogP contribution in [0.5, 0.6) is 46.0 Å². The maximum atomic E-state index is 11.9. The summed E-state index contributed by atoms with van der Waals surface area (Å²) in [5, 5.41) is 95.4. The van der Waals surface area contributed by atoms with Crippen molar-refractivity contribution in [3.63, 3.8) is 0 Å². The summed E-state index contributed by atoms with van der Waals surface area (Å²) in [7, 11) is 0. The number of halogens is 8. The van der Waals surface area contributed by atoms with Gasteiger partial charge < -0.3 is 40.9 Å². The number of rotatable bonds is 0. The Hall–Kier alpha value is -2.00. The van der Waals surface area contributed by atoms with Crippen molar-refractivity contribution in [1.29, 1.82) is 0 Å². The lowest BCUT2D eigenvalue weighted by Crippen LogP contribution is -2.02. The van der Waals surface area contributed by atoms with E-state index in [0.29, 0.717) is 89.0 Å². The van der Waals surface area contributed by atoms with E-state index < -0.39 is 0 Å². The smallest absolute Gasteiger partial charge is 0.122 e. The highest BCUT2D eigenvalue weighted by atomic mass is 127. The average molecular weight is 1860 g/mol. The lowest BCUT2D eigenvalue weighted by molar-refractivity contribution is 0.452. The van der Waals surface area contributed by atoms with Crippen molar-refractivity contribution in [2.24, 2.45) is 0 Å². The fourth-order valence-electron chi connectivity index (χ4n) is 9.54. The van der Waals surface area contributed by atoms with Crippen LogP contribution in [-0.2, 0) is 51.4 Å². The minimum absolute atomic E-state index is 0.0597. The van der Waals surface area contributed by atoms with Crippen LogP contribution in [0.15, 0.2) is 97.1 Å². The summed E-state index contributed by atoms with van der Waals surface area (Å²) in [6, 6.07) is 30.3. The van der Waals surface area contributed by atoms with Crippen LogP contribution in [0.4, 0.5) is 0 Å². The summed E-state index contributed by atoms with van der Waals surface area (Å²) in [4.78, 5) is 0. The molecule has 0 amide bonds. The minimum Gasteiger partial charge on any atom is -0.507 e. The predicted octanol–water partition coefficient (Wildman–Crippen LogP) is 15.2. The topological polar surface area (TPSA) is 162 Å². The first-order valence-electron chi connectivity index (χ1n) is 22.2. The number of benzene rings is 8. The van der Waals surface area contributed by atoms with Gasteiger partial charge in [-0.15, -0.1) is 0 Å². The molecule has 0 saturated heterocycles. The van der Waals surface area contributed by atoms with Gasteiger partial charge in [0.05, 0.1) is 0 Å². The zero-order chi connectivity index (χ0) is 51.4. The van der Waals surface area contributed by atoms with Gasteiger partial charge in [-0.1, -0.05) is 0 Å². The van der Waals surface area contributed by atoms with E-state index in [1.807, 2.05) is 97.1 Å². The van der Waals surface area contributed by atoms with Crippen LogP contribution in [0, 0.1) is 28.6 Å². The van der Waals surface area contributed by atoms with Gasteiger partial charge in [-0.25, -0.2) is 0 Å². The molecular weight excluding hydrogens is 1820 g/mol. The van der Waals surface area contributed by atoms with Crippen molar-refractivity contribution in [2.75, 3.05) is 0 Å². The number of fused-ring (bicyclic) bond motifs is 16. The molecule has 368 valence electrons. The minimum atomic E-state index is 0.0597. The Morgan fingerprint density at radius 1 is 0.167 bits per heavy atom. The van der Waals surface area contributed by atoms with Gasteiger partial charge in [-0.05, 0) is 367 Å². The van der Waals surface area contributed by atoms with Crippen molar-refractivity contribution in [2.45, 2.75) is 51.4 Å². The normalized spacial score (nSPS) is 13.0. The molecule has 0 aliphatic heterocycles. The van der Waals surface area contributed by atoms with E-state index >= 15 is 0 Å². The highest BCUT2D eigenvalue weighted by Crippen LogP contribution is 2.42. The zero-order valence-electron chi connectivity index (χ0n) is 37.5. The van der Waals surface area contributed by atoms with Crippen LogP contribution < -0.4 is 0 Å². The lowest BCUT2D eigenvalue weighted by atomic mass is 9.91. The number of aromatic hydroxyl groups is 8. The van der Waals surface area contributed by atoms with Crippen LogP contribution in [0.25, 0.3) is 0 Å². The Morgan fingerprint density at radius 2 is 0.236 bits per heavy atom. The summed E-state index contributed by atoms with van der Waals surface area (Å²) in [6.07, 6.45) is 1.69. The van der Waals surface area contributed by atoms with Crippen molar-refractivity contribution < 1.29 is 40.9 Å². The van der Waals surface area contributed by atoms with Gasteiger partial charge in [0, 0.05) is 79.9 Å². The van der Waals surface area contributed by atoms with Gasteiger partial charge in [-0.2, -0.15) is 0 Å². The largest absolute Gasteiger partial charge is 0.507 e. The molecule has 0 saturated carbocycles. The first-order valence-corrected chi connectivity index (χ1v) is 30.8. The highest BCUT2D eigenvalue weighted by Gasteiger charge is 2.24. The molecule has 8 nitrogen and oxygen atoms in total. The van der Waals surface area contributed by atoms with Gasteiger partial charge in [0.25, 0.3) is 0 Å². The Balaban J connectivity index is 1.18. The Morgan fingerprint density at radius 3 is 0.306 bits per heavy atom. The average Bonchev–Trinajstić information content (AvgIpc) is 3.30. The quantitative estimate of drug-likeness (QED) is 0.0696. The van der Waals surface area contributed by atoms with Gasteiger partial charge in [0.1, 0.15) is 46.0 Å². The number of hydrogen-bond donors (Lipinski definition) is 8. The van der Waals surface area contributed by atoms with Gasteiger partial charge >= 0.3 is 0 Å². The van der Waals surface area contributed by atoms with Crippen LogP contribution in [-0.4, -0.2) is 40.9 Å². The molecular formula is C56H40I8O8. The van der Waals surface area contributed by atoms with Crippen molar-refractivity contribution in [3.05, 3.63) is 215 Å². The summed E-state index contributed by atoms with van der Waals surface area (Å²) in [5.41, 5.74) is 9.67. The number of phenols is 8. The van der Waals surface area contributed by atoms with Crippen LogP contribution in [0.3, 0.4) is 0 Å². The van der Waals surface area contributed by atoms with Gasteiger partial charge in [0.2, 0.25) is 0 Å². The van der Waals surface area contributed by atoms with E-state index in [0.717, 1.165) is 28.6 Å². The van der Waals surface area contributed by atoms with Crippen molar-refractivity contribution in [1.82, 2.24) is 0 Å². The molecule has 0 atom stereocenters. The molecule has 1 aliphatic rings. The third-order valence-electron chi connectivity index (χ3n) is 12.9. The fourth-order valence-corrected chi connectivity index (χ4v) is 15.6. The first-order chi connectivity index (χ1) is 34.2. The number of hydrogen-bond acceptors (Lipinski definition) is 8.